The van der Waals surface area contributed by atoms with Crippen molar-refractivity contribution in [2.75, 3.05) is 6.61 Å². The van der Waals surface area contributed by atoms with Crippen LogP contribution in [-0.4, -0.2) is 12.6 Å². The van der Waals surface area contributed by atoms with Crippen molar-refractivity contribution in [1.82, 2.24) is 0 Å². The Labute approximate surface area is 138 Å². The smallest absolute Gasteiger partial charge is 0.305 e. The van der Waals surface area contributed by atoms with Gasteiger partial charge < -0.3 is 4.74 Å². The second kappa shape index (κ2) is 16.6. The van der Waals surface area contributed by atoms with E-state index in [2.05, 4.69) is 32.9 Å². The molecule has 0 bridgehead atoms. The van der Waals surface area contributed by atoms with Crippen molar-refractivity contribution in [3.05, 3.63) is 12.2 Å². The Kier molecular flexibility index (Phi) is 16.0. The van der Waals surface area contributed by atoms with Crippen LogP contribution in [0.2, 0.25) is 0 Å². The first-order chi connectivity index (χ1) is 10.7. The van der Waals surface area contributed by atoms with Crippen molar-refractivity contribution >= 4 is 5.97 Å². The van der Waals surface area contributed by atoms with Gasteiger partial charge in [0.05, 0.1) is 6.61 Å². The summed E-state index contributed by atoms with van der Waals surface area (Å²) < 4.78 is 5.16. The van der Waals surface area contributed by atoms with Crippen LogP contribution in [0, 0.1) is 5.92 Å². The van der Waals surface area contributed by atoms with E-state index in [-0.39, 0.29) is 5.97 Å². The van der Waals surface area contributed by atoms with Crippen molar-refractivity contribution in [3.63, 3.8) is 0 Å². The minimum atomic E-state index is -0.0280. The molecule has 0 atom stereocenters. The van der Waals surface area contributed by atoms with Gasteiger partial charge in [0.1, 0.15) is 0 Å². The van der Waals surface area contributed by atoms with Gasteiger partial charge in [0, 0.05) is 6.42 Å². The minimum Gasteiger partial charge on any atom is -0.465 e. The molecule has 0 aliphatic heterocycles. The van der Waals surface area contributed by atoms with Crippen LogP contribution in [0.5, 0.6) is 0 Å². The zero-order chi connectivity index (χ0) is 16.5. The number of rotatable bonds is 15. The molecule has 130 valence electrons. The zero-order valence-electron chi connectivity index (χ0n) is 15.2. The van der Waals surface area contributed by atoms with Crippen molar-refractivity contribution in [3.8, 4) is 0 Å². The lowest BCUT2D eigenvalue weighted by Gasteiger charge is -2.06. The van der Waals surface area contributed by atoms with E-state index in [0.29, 0.717) is 18.9 Å². The molecular weight excluding hydrogens is 272 g/mol. The maximum atomic E-state index is 11.4. The predicted molar refractivity (Wildman–Crippen MR) is 96.0 cm³/mol. The molecule has 0 spiro atoms. The van der Waals surface area contributed by atoms with Gasteiger partial charge in [0.15, 0.2) is 0 Å². The molecule has 0 saturated carbocycles. The molecule has 0 unspecified atom stereocenters. The van der Waals surface area contributed by atoms with Gasteiger partial charge in [0.25, 0.3) is 0 Å². The molecular formula is C20H38O2. The normalized spacial score (nSPS) is 11.5. The maximum Gasteiger partial charge on any atom is 0.305 e. The van der Waals surface area contributed by atoms with Gasteiger partial charge in [0.2, 0.25) is 0 Å². The summed E-state index contributed by atoms with van der Waals surface area (Å²) in [7, 11) is 0. The van der Waals surface area contributed by atoms with Crippen LogP contribution >= 0.6 is 0 Å². The van der Waals surface area contributed by atoms with E-state index in [4.69, 9.17) is 4.74 Å². The first-order valence-electron chi connectivity index (χ1n) is 9.47. The van der Waals surface area contributed by atoms with Crippen LogP contribution in [-0.2, 0) is 9.53 Å². The number of hydrogen-bond acceptors (Lipinski definition) is 2. The average molecular weight is 311 g/mol. The summed E-state index contributed by atoms with van der Waals surface area (Å²) in [6, 6.07) is 0. The van der Waals surface area contributed by atoms with E-state index < -0.39 is 0 Å². The number of carbonyl (C=O) groups is 1. The maximum absolute atomic E-state index is 11.4. The molecule has 0 saturated heterocycles. The molecule has 0 heterocycles. The molecule has 0 aliphatic carbocycles. The quantitative estimate of drug-likeness (QED) is 0.197. The van der Waals surface area contributed by atoms with Gasteiger partial charge in [-0.15, -0.1) is 0 Å². The van der Waals surface area contributed by atoms with E-state index in [1.165, 1.54) is 57.8 Å². The Morgan fingerprint density at radius 2 is 1.41 bits per heavy atom. The Hall–Kier alpha value is -0.790. The second-order valence-corrected chi connectivity index (χ2v) is 6.70. The van der Waals surface area contributed by atoms with Crippen molar-refractivity contribution < 1.29 is 9.53 Å². The van der Waals surface area contributed by atoms with E-state index in [9.17, 15) is 4.79 Å². The molecule has 0 fully saturated rings. The highest BCUT2D eigenvalue weighted by Crippen LogP contribution is 2.09. The van der Waals surface area contributed by atoms with Crippen molar-refractivity contribution in [1.29, 1.82) is 0 Å². The monoisotopic (exact) mass is 310 g/mol. The zero-order valence-corrected chi connectivity index (χ0v) is 15.2. The largest absolute Gasteiger partial charge is 0.465 e. The Morgan fingerprint density at radius 1 is 0.864 bits per heavy atom. The third kappa shape index (κ3) is 17.3. The lowest BCUT2D eigenvalue weighted by Crippen LogP contribution is -2.09. The fourth-order valence-corrected chi connectivity index (χ4v) is 2.32. The molecule has 0 rings (SSSR count). The van der Waals surface area contributed by atoms with E-state index in [0.717, 1.165) is 12.8 Å². The third-order valence-corrected chi connectivity index (χ3v) is 3.72. The highest BCUT2D eigenvalue weighted by molar-refractivity contribution is 5.69. The topological polar surface area (TPSA) is 26.3 Å². The first-order valence-corrected chi connectivity index (χ1v) is 9.47. The van der Waals surface area contributed by atoms with E-state index in [1.54, 1.807) is 0 Å². The van der Waals surface area contributed by atoms with Gasteiger partial charge in [-0.1, -0.05) is 71.4 Å². The fourth-order valence-electron chi connectivity index (χ4n) is 2.32. The summed E-state index contributed by atoms with van der Waals surface area (Å²) in [6.07, 6.45) is 19.1. The molecule has 2 heteroatoms. The van der Waals surface area contributed by atoms with E-state index in [1.807, 2.05) is 0 Å². The highest BCUT2D eigenvalue weighted by Gasteiger charge is 2.03. The third-order valence-electron chi connectivity index (χ3n) is 3.72. The standard InChI is InChI=1S/C20H38O2/c1-4-5-6-7-8-9-10-11-12-13-14-15-16-17-20(21)22-18-19(2)3/h9-10,19H,4-8,11-18H2,1-3H3/b10-9+. The number of allylic oxidation sites excluding steroid dienone is 2. The summed E-state index contributed by atoms with van der Waals surface area (Å²) in [6.45, 7) is 6.94. The van der Waals surface area contributed by atoms with Gasteiger partial charge in [-0.3, -0.25) is 4.79 Å². The number of esters is 1. The molecule has 0 aromatic rings. The molecule has 0 aromatic carbocycles. The lowest BCUT2D eigenvalue weighted by atomic mass is 10.1. The minimum absolute atomic E-state index is 0.0280. The molecule has 0 aliphatic rings. The van der Waals surface area contributed by atoms with Gasteiger partial charge in [-0.05, 0) is 38.0 Å². The van der Waals surface area contributed by atoms with Crippen molar-refractivity contribution in [2.24, 2.45) is 5.92 Å². The average Bonchev–Trinajstić information content (AvgIpc) is 2.49. The Bertz CT molecular complexity index is 269. The number of carbonyl (C=O) groups excluding carboxylic acids is 1. The Balaban J connectivity index is 3.20. The molecule has 0 aromatic heterocycles. The predicted octanol–water partition coefficient (Wildman–Crippen LogP) is 6.44. The molecule has 0 N–H and O–H groups in total. The number of unbranched alkanes of at least 4 members (excludes halogenated alkanes) is 9. The summed E-state index contributed by atoms with van der Waals surface area (Å²) in [5.74, 6) is 0.406. The van der Waals surface area contributed by atoms with Gasteiger partial charge in [-0.2, -0.15) is 0 Å². The van der Waals surface area contributed by atoms with Crippen LogP contribution in [0.3, 0.4) is 0 Å². The van der Waals surface area contributed by atoms with Crippen LogP contribution in [0.15, 0.2) is 12.2 Å². The summed E-state index contributed by atoms with van der Waals surface area (Å²) in [5.41, 5.74) is 0. The molecule has 0 amide bonds. The molecule has 0 radical (unpaired) electrons. The summed E-state index contributed by atoms with van der Waals surface area (Å²) in [4.78, 5) is 11.4. The van der Waals surface area contributed by atoms with E-state index >= 15 is 0 Å². The fraction of sp³-hybridized carbons (Fsp3) is 0.850. The summed E-state index contributed by atoms with van der Waals surface area (Å²) in [5, 5.41) is 0. The SMILES string of the molecule is CCCCCC/C=C/CCCCCCCC(=O)OCC(C)C. The summed E-state index contributed by atoms with van der Waals surface area (Å²) >= 11 is 0. The van der Waals surface area contributed by atoms with Gasteiger partial charge in [-0.25, -0.2) is 0 Å². The van der Waals surface area contributed by atoms with Crippen LogP contribution in [0.25, 0.3) is 0 Å². The second-order valence-electron chi connectivity index (χ2n) is 6.70. The van der Waals surface area contributed by atoms with Crippen molar-refractivity contribution in [2.45, 2.75) is 97.8 Å². The van der Waals surface area contributed by atoms with Crippen LogP contribution in [0.4, 0.5) is 0 Å². The molecule has 2 nitrogen and oxygen atoms in total. The highest BCUT2D eigenvalue weighted by atomic mass is 16.5. The number of hydrogen-bond donors (Lipinski definition) is 0. The number of ether oxygens (including phenoxy) is 1. The van der Waals surface area contributed by atoms with Crippen LogP contribution < -0.4 is 0 Å². The first kappa shape index (κ1) is 21.2. The van der Waals surface area contributed by atoms with Gasteiger partial charge >= 0.3 is 5.97 Å². The Morgan fingerprint density at radius 3 is 2.00 bits per heavy atom. The van der Waals surface area contributed by atoms with Crippen LogP contribution in [0.1, 0.15) is 97.8 Å². The lowest BCUT2D eigenvalue weighted by molar-refractivity contribution is -0.144. The molecule has 22 heavy (non-hydrogen) atoms.